The SMILES string of the molecule is C[C@@H](NC(=O)c1cncc(C2=CCOCC2)n1)c1ccc(-c2cc(C(F)(F)F)ccc2CNC(=O)O)cc1. The van der Waals surface area contributed by atoms with Gasteiger partial charge in [-0.3, -0.25) is 9.78 Å². The summed E-state index contributed by atoms with van der Waals surface area (Å²) in [6.07, 6.45) is -0.252. The molecule has 0 radical (unpaired) electrons. The number of hydrogen-bond acceptors (Lipinski definition) is 5. The third kappa shape index (κ3) is 6.54. The maximum absolute atomic E-state index is 13.3. The molecule has 3 aromatic rings. The first kappa shape index (κ1) is 26.8. The first-order chi connectivity index (χ1) is 18.1. The minimum Gasteiger partial charge on any atom is -0.465 e. The molecule has 8 nitrogen and oxygen atoms in total. The maximum atomic E-state index is 13.3. The van der Waals surface area contributed by atoms with Crippen LogP contribution in [-0.2, 0) is 17.5 Å². The fourth-order valence-corrected chi connectivity index (χ4v) is 4.04. The van der Waals surface area contributed by atoms with Crippen LogP contribution < -0.4 is 10.6 Å². The van der Waals surface area contributed by atoms with Gasteiger partial charge >= 0.3 is 12.3 Å². The van der Waals surface area contributed by atoms with Crippen molar-refractivity contribution in [2.75, 3.05) is 13.2 Å². The number of nitrogens with zero attached hydrogens (tertiary/aromatic N) is 2. The van der Waals surface area contributed by atoms with Crippen LogP contribution in [0.25, 0.3) is 16.7 Å². The summed E-state index contributed by atoms with van der Waals surface area (Å²) in [4.78, 5) is 32.3. The second-order valence-electron chi connectivity index (χ2n) is 8.69. The van der Waals surface area contributed by atoms with E-state index in [1.54, 1.807) is 37.4 Å². The van der Waals surface area contributed by atoms with Crippen LogP contribution in [0.3, 0.4) is 0 Å². The Balaban J connectivity index is 1.51. The molecule has 0 spiro atoms. The van der Waals surface area contributed by atoms with Crippen molar-refractivity contribution < 1.29 is 32.6 Å². The molecule has 1 atom stereocenters. The highest BCUT2D eigenvalue weighted by Gasteiger charge is 2.31. The highest BCUT2D eigenvalue weighted by Crippen LogP contribution is 2.34. The summed E-state index contributed by atoms with van der Waals surface area (Å²) >= 11 is 0. The first-order valence-corrected chi connectivity index (χ1v) is 11.8. The number of rotatable bonds is 7. The molecule has 38 heavy (non-hydrogen) atoms. The molecule has 198 valence electrons. The number of nitrogens with one attached hydrogen (secondary N) is 2. The predicted molar refractivity (Wildman–Crippen MR) is 133 cm³/mol. The van der Waals surface area contributed by atoms with Crippen molar-refractivity contribution in [3.05, 3.63) is 89.0 Å². The lowest BCUT2D eigenvalue weighted by Gasteiger charge is -2.17. The van der Waals surface area contributed by atoms with Gasteiger partial charge in [0.25, 0.3) is 5.91 Å². The number of carbonyl (C=O) groups excluding carboxylic acids is 1. The van der Waals surface area contributed by atoms with E-state index in [0.29, 0.717) is 36.5 Å². The van der Waals surface area contributed by atoms with Crippen LogP contribution in [0.15, 0.2) is 60.9 Å². The van der Waals surface area contributed by atoms with Gasteiger partial charge < -0.3 is 20.5 Å². The fourth-order valence-electron chi connectivity index (χ4n) is 4.04. The molecule has 0 saturated carbocycles. The highest BCUT2D eigenvalue weighted by molar-refractivity contribution is 5.92. The number of ether oxygens (including phenoxy) is 1. The van der Waals surface area contributed by atoms with Crippen molar-refractivity contribution in [1.29, 1.82) is 0 Å². The van der Waals surface area contributed by atoms with Crippen molar-refractivity contribution in [1.82, 2.24) is 20.6 Å². The summed E-state index contributed by atoms with van der Waals surface area (Å²) in [6, 6.07) is 9.41. The summed E-state index contributed by atoms with van der Waals surface area (Å²) in [6.45, 7) is 2.69. The third-order valence-corrected chi connectivity index (χ3v) is 6.10. The van der Waals surface area contributed by atoms with Crippen LogP contribution in [0, 0.1) is 0 Å². The zero-order valence-electron chi connectivity index (χ0n) is 20.4. The third-order valence-electron chi connectivity index (χ3n) is 6.10. The van der Waals surface area contributed by atoms with E-state index >= 15 is 0 Å². The number of halogens is 3. The van der Waals surface area contributed by atoms with Gasteiger partial charge in [-0.15, -0.1) is 0 Å². The van der Waals surface area contributed by atoms with Gasteiger partial charge in [0, 0.05) is 6.54 Å². The molecule has 0 saturated heterocycles. The van der Waals surface area contributed by atoms with Crippen molar-refractivity contribution >= 4 is 17.6 Å². The van der Waals surface area contributed by atoms with Crippen LogP contribution in [-0.4, -0.2) is 40.3 Å². The standard InChI is InChI=1S/C27H25F3N4O4/c1-16(33-25(35)24-15-31-14-23(34-24)19-8-10-38-11-9-19)17-2-4-18(5-3-17)22-12-21(27(28,29)30)7-6-20(22)13-32-26(36)37/h2-8,12,14-16,32H,9-11,13H2,1H3,(H,33,35)(H,36,37)/t16-/m1/s1. The van der Waals surface area contributed by atoms with Gasteiger partial charge in [-0.1, -0.05) is 36.4 Å². The molecule has 2 heterocycles. The summed E-state index contributed by atoms with van der Waals surface area (Å²) in [5, 5.41) is 14.0. The van der Waals surface area contributed by atoms with Gasteiger partial charge in [-0.05, 0) is 53.3 Å². The lowest BCUT2D eigenvalue weighted by atomic mass is 9.95. The molecule has 0 unspecified atom stereocenters. The van der Waals surface area contributed by atoms with E-state index < -0.39 is 29.8 Å². The molecular formula is C27H25F3N4O4. The molecule has 1 aliphatic heterocycles. The highest BCUT2D eigenvalue weighted by atomic mass is 19.4. The van der Waals surface area contributed by atoms with E-state index in [1.165, 1.54) is 12.3 Å². The monoisotopic (exact) mass is 526 g/mol. The molecular weight excluding hydrogens is 501 g/mol. The van der Waals surface area contributed by atoms with Crippen molar-refractivity contribution in [2.45, 2.75) is 32.1 Å². The Morgan fingerprint density at radius 3 is 2.55 bits per heavy atom. The Morgan fingerprint density at radius 2 is 1.89 bits per heavy atom. The summed E-state index contributed by atoms with van der Waals surface area (Å²) in [5.41, 5.74) is 2.76. The Labute approximate surface area is 216 Å². The lowest BCUT2D eigenvalue weighted by molar-refractivity contribution is -0.137. The van der Waals surface area contributed by atoms with Crippen LogP contribution in [0.1, 0.15) is 52.3 Å². The second-order valence-corrected chi connectivity index (χ2v) is 8.69. The molecule has 3 N–H and O–H groups in total. The molecule has 11 heteroatoms. The Hall–Kier alpha value is -4.25. The number of hydrogen-bond donors (Lipinski definition) is 3. The lowest BCUT2D eigenvalue weighted by Crippen LogP contribution is -2.27. The van der Waals surface area contributed by atoms with Crippen molar-refractivity contribution in [3.8, 4) is 11.1 Å². The maximum Gasteiger partial charge on any atom is 0.416 e. The van der Waals surface area contributed by atoms with Crippen LogP contribution in [0.5, 0.6) is 0 Å². The number of carbonyl (C=O) groups is 2. The van der Waals surface area contributed by atoms with Gasteiger partial charge in [0.2, 0.25) is 0 Å². The number of benzene rings is 2. The van der Waals surface area contributed by atoms with Gasteiger partial charge in [-0.2, -0.15) is 13.2 Å². The molecule has 4 rings (SSSR count). The van der Waals surface area contributed by atoms with Gasteiger partial charge in [0.1, 0.15) is 5.69 Å². The Morgan fingerprint density at radius 1 is 1.13 bits per heavy atom. The minimum absolute atomic E-state index is 0.152. The van der Waals surface area contributed by atoms with Crippen LogP contribution in [0.2, 0.25) is 0 Å². The van der Waals surface area contributed by atoms with Crippen LogP contribution in [0.4, 0.5) is 18.0 Å². The molecule has 0 bridgehead atoms. The number of amides is 2. The smallest absolute Gasteiger partial charge is 0.416 e. The van der Waals surface area contributed by atoms with E-state index in [-0.39, 0.29) is 17.8 Å². The summed E-state index contributed by atoms with van der Waals surface area (Å²) in [7, 11) is 0. The zero-order chi connectivity index (χ0) is 27.3. The molecule has 0 aliphatic carbocycles. The number of alkyl halides is 3. The molecule has 0 fully saturated rings. The quantitative estimate of drug-likeness (QED) is 0.389. The average molecular weight is 527 g/mol. The zero-order valence-corrected chi connectivity index (χ0v) is 20.4. The molecule has 1 aromatic heterocycles. The van der Waals surface area contributed by atoms with Crippen LogP contribution >= 0.6 is 0 Å². The largest absolute Gasteiger partial charge is 0.465 e. The average Bonchev–Trinajstić information content (AvgIpc) is 2.92. The fraction of sp³-hybridized carbons (Fsp3) is 0.259. The van der Waals surface area contributed by atoms with E-state index in [9.17, 15) is 22.8 Å². The van der Waals surface area contributed by atoms with Gasteiger partial charge in [-0.25, -0.2) is 9.78 Å². The summed E-state index contributed by atoms with van der Waals surface area (Å²) in [5.74, 6) is -0.413. The second kappa shape index (κ2) is 11.4. The first-order valence-electron chi connectivity index (χ1n) is 11.8. The van der Waals surface area contributed by atoms with Crippen molar-refractivity contribution in [2.24, 2.45) is 0 Å². The van der Waals surface area contributed by atoms with E-state index in [4.69, 9.17) is 9.84 Å². The molecule has 2 amide bonds. The van der Waals surface area contributed by atoms with Gasteiger partial charge in [0.05, 0.1) is 42.9 Å². The van der Waals surface area contributed by atoms with E-state index in [1.807, 2.05) is 6.08 Å². The Bertz CT molecular complexity index is 1360. The van der Waals surface area contributed by atoms with E-state index in [0.717, 1.165) is 23.3 Å². The number of aromatic nitrogens is 2. The Kier molecular flexibility index (Phi) is 8.06. The molecule has 1 aliphatic rings. The van der Waals surface area contributed by atoms with Gasteiger partial charge in [0.15, 0.2) is 0 Å². The normalized spacial score (nSPS) is 14.4. The van der Waals surface area contributed by atoms with Crippen molar-refractivity contribution in [3.63, 3.8) is 0 Å². The molecule has 2 aromatic carbocycles. The minimum atomic E-state index is -4.55. The number of carboxylic acid groups (broad SMARTS) is 1. The predicted octanol–water partition coefficient (Wildman–Crippen LogP) is 5.22. The van der Waals surface area contributed by atoms with E-state index in [2.05, 4.69) is 20.6 Å². The summed E-state index contributed by atoms with van der Waals surface area (Å²) < 4.78 is 45.3. The topological polar surface area (TPSA) is 113 Å².